The smallest absolute Gasteiger partial charge is 0.303 e. The van der Waals surface area contributed by atoms with E-state index in [4.69, 9.17) is 4.74 Å². The molecule has 1 fully saturated rings. The van der Waals surface area contributed by atoms with E-state index in [2.05, 4.69) is 17.6 Å². The molecule has 0 aromatic rings. The number of hydrogen-bond acceptors (Lipinski definition) is 3. The van der Waals surface area contributed by atoms with E-state index < -0.39 is 6.10 Å². The van der Waals surface area contributed by atoms with Gasteiger partial charge in [0.1, 0.15) is 6.10 Å². The van der Waals surface area contributed by atoms with Crippen molar-refractivity contribution in [1.82, 2.24) is 5.32 Å². The van der Waals surface area contributed by atoms with Crippen LogP contribution in [0.4, 0.5) is 0 Å². The zero-order chi connectivity index (χ0) is 9.84. The summed E-state index contributed by atoms with van der Waals surface area (Å²) in [4.78, 5) is 21.6. The summed E-state index contributed by atoms with van der Waals surface area (Å²) in [7, 11) is 0. The van der Waals surface area contributed by atoms with Gasteiger partial charge in [0.05, 0.1) is 12.5 Å². The summed E-state index contributed by atoms with van der Waals surface area (Å²) >= 11 is 0. The monoisotopic (exact) mass is 181 g/mol. The average Bonchev–Trinajstić information content (AvgIpc) is 2.31. The highest BCUT2D eigenvalue weighted by Crippen LogP contribution is 2.13. The van der Waals surface area contributed by atoms with Gasteiger partial charge < -0.3 is 10.1 Å². The second-order valence-corrected chi connectivity index (χ2v) is 2.82. The molecule has 1 heterocycles. The third kappa shape index (κ3) is 2.46. The van der Waals surface area contributed by atoms with Gasteiger partial charge >= 0.3 is 5.97 Å². The summed E-state index contributed by atoms with van der Waals surface area (Å²) in [5, 5.41) is 2.64. The van der Waals surface area contributed by atoms with Crippen LogP contribution in [0.1, 0.15) is 13.3 Å². The molecular formula is C9H11NO3. The van der Waals surface area contributed by atoms with Crippen molar-refractivity contribution in [3.8, 4) is 0 Å². The quantitative estimate of drug-likeness (QED) is 0.487. The van der Waals surface area contributed by atoms with Gasteiger partial charge in [0.2, 0.25) is 5.91 Å². The molecule has 2 atom stereocenters. The van der Waals surface area contributed by atoms with Gasteiger partial charge in [0.15, 0.2) is 0 Å². The van der Waals surface area contributed by atoms with Crippen molar-refractivity contribution >= 4 is 11.9 Å². The van der Waals surface area contributed by atoms with Crippen LogP contribution >= 0.6 is 0 Å². The molecule has 4 nitrogen and oxygen atoms in total. The van der Waals surface area contributed by atoms with Gasteiger partial charge in [-0.15, -0.1) is 5.73 Å². The van der Waals surface area contributed by atoms with E-state index in [0.29, 0.717) is 0 Å². The Bertz CT molecular complexity index is 279. The zero-order valence-electron chi connectivity index (χ0n) is 7.37. The minimum absolute atomic E-state index is 0.122. The average molecular weight is 181 g/mol. The maximum atomic E-state index is 10.9. The molecule has 1 N–H and O–H groups in total. The van der Waals surface area contributed by atoms with E-state index in [-0.39, 0.29) is 24.3 Å². The molecule has 1 saturated heterocycles. The Labute approximate surface area is 76.3 Å². The highest BCUT2D eigenvalue weighted by Gasteiger charge is 2.32. The minimum atomic E-state index is -0.417. The summed E-state index contributed by atoms with van der Waals surface area (Å²) in [5.41, 5.74) is 2.55. The molecule has 0 aromatic carbocycles. The zero-order valence-corrected chi connectivity index (χ0v) is 7.37. The number of rotatable bonds is 2. The fourth-order valence-electron chi connectivity index (χ4n) is 1.25. The standard InChI is InChI=1S/C9H11NO3/c1-3-4-7-8(13-6(2)11)5-9(12)10-7/h4,7-8H,1,5H2,2H3,(H,10,12). The lowest BCUT2D eigenvalue weighted by Gasteiger charge is -2.13. The van der Waals surface area contributed by atoms with Crippen LogP contribution in [-0.4, -0.2) is 24.0 Å². The number of nitrogens with one attached hydrogen (secondary N) is 1. The van der Waals surface area contributed by atoms with Crippen molar-refractivity contribution in [2.75, 3.05) is 0 Å². The van der Waals surface area contributed by atoms with Crippen molar-refractivity contribution in [2.45, 2.75) is 25.5 Å². The summed E-state index contributed by atoms with van der Waals surface area (Å²) in [5.74, 6) is -0.508. The van der Waals surface area contributed by atoms with Crippen LogP contribution in [-0.2, 0) is 14.3 Å². The minimum Gasteiger partial charge on any atom is -0.459 e. The Kier molecular flexibility index (Phi) is 2.88. The fourth-order valence-corrected chi connectivity index (χ4v) is 1.25. The summed E-state index contributed by atoms with van der Waals surface area (Å²) in [6, 6.07) is -0.283. The van der Waals surface area contributed by atoms with Crippen molar-refractivity contribution in [2.24, 2.45) is 0 Å². The maximum absolute atomic E-state index is 10.9. The first-order valence-corrected chi connectivity index (χ1v) is 3.96. The first-order chi connectivity index (χ1) is 6.13. The number of carbonyl (C=O) groups excluding carboxylic acids is 2. The van der Waals surface area contributed by atoms with Crippen LogP contribution in [0, 0.1) is 0 Å². The first kappa shape index (κ1) is 9.55. The molecule has 0 spiro atoms. The summed E-state index contributed by atoms with van der Waals surface area (Å²) < 4.78 is 4.93. The van der Waals surface area contributed by atoms with Crippen LogP contribution in [0.25, 0.3) is 0 Å². The van der Waals surface area contributed by atoms with E-state index in [0.717, 1.165) is 0 Å². The normalized spacial score (nSPS) is 26.1. The first-order valence-electron chi connectivity index (χ1n) is 3.96. The Balaban J connectivity index is 2.65. The number of amides is 1. The van der Waals surface area contributed by atoms with Gasteiger partial charge in [-0.1, -0.05) is 6.58 Å². The Morgan fingerprint density at radius 3 is 3.08 bits per heavy atom. The van der Waals surface area contributed by atoms with Gasteiger partial charge in [-0.2, -0.15) is 0 Å². The number of ether oxygens (including phenoxy) is 1. The SMILES string of the molecule is C=C=CC1NC(=O)CC1OC(C)=O. The molecule has 1 amide bonds. The molecule has 0 aromatic heterocycles. The predicted molar refractivity (Wildman–Crippen MR) is 45.8 cm³/mol. The van der Waals surface area contributed by atoms with Crippen LogP contribution in [0.2, 0.25) is 0 Å². The molecule has 0 saturated carbocycles. The van der Waals surface area contributed by atoms with Gasteiger partial charge in [0, 0.05) is 6.92 Å². The molecule has 1 rings (SSSR count). The van der Waals surface area contributed by atoms with Gasteiger partial charge in [-0.05, 0) is 6.08 Å². The molecule has 0 aliphatic carbocycles. The highest BCUT2D eigenvalue weighted by molar-refractivity contribution is 5.80. The molecular weight excluding hydrogens is 170 g/mol. The largest absolute Gasteiger partial charge is 0.459 e. The van der Waals surface area contributed by atoms with Crippen molar-refractivity contribution < 1.29 is 14.3 Å². The van der Waals surface area contributed by atoms with Crippen molar-refractivity contribution in [3.05, 3.63) is 18.4 Å². The van der Waals surface area contributed by atoms with Crippen LogP contribution < -0.4 is 5.32 Å². The Morgan fingerprint density at radius 2 is 2.54 bits per heavy atom. The molecule has 0 bridgehead atoms. The second kappa shape index (κ2) is 3.92. The molecule has 0 radical (unpaired) electrons. The number of esters is 1. The van der Waals surface area contributed by atoms with E-state index in [1.807, 2.05) is 0 Å². The molecule has 13 heavy (non-hydrogen) atoms. The molecule has 1 aliphatic rings. The maximum Gasteiger partial charge on any atom is 0.303 e. The molecule has 1 aliphatic heterocycles. The summed E-state index contributed by atoms with van der Waals surface area (Å²) in [6.07, 6.45) is 1.38. The number of carbonyl (C=O) groups is 2. The Hall–Kier alpha value is -1.54. The van der Waals surface area contributed by atoms with E-state index in [9.17, 15) is 9.59 Å². The third-order valence-electron chi connectivity index (χ3n) is 1.73. The topological polar surface area (TPSA) is 55.4 Å². The fraction of sp³-hybridized carbons (Fsp3) is 0.444. The lowest BCUT2D eigenvalue weighted by molar-refractivity contribution is -0.146. The van der Waals surface area contributed by atoms with Crippen LogP contribution in [0.15, 0.2) is 18.4 Å². The summed E-state index contributed by atoms with van der Waals surface area (Å²) in [6.45, 7) is 4.71. The van der Waals surface area contributed by atoms with Crippen molar-refractivity contribution in [3.63, 3.8) is 0 Å². The van der Waals surface area contributed by atoms with Crippen LogP contribution in [0.3, 0.4) is 0 Å². The molecule has 2 unspecified atom stereocenters. The van der Waals surface area contributed by atoms with E-state index in [1.165, 1.54) is 6.92 Å². The van der Waals surface area contributed by atoms with Crippen LogP contribution in [0.5, 0.6) is 0 Å². The van der Waals surface area contributed by atoms with Gasteiger partial charge in [-0.3, -0.25) is 9.59 Å². The highest BCUT2D eigenvalue weighted by atomic mass is 16.5. The van der Waals surface area contributed by atoms with Gasteiger partial charge in [-0.25, -0.2) is 0 Å². The second-order valence-electron chi connectivity index (χ2n) is 2.82. The van der Waals surface area contributed by atoms with E-state index >= 15 is 0 Å². The van der Waals surface area contributed by atoms with Crippen molar-refractivity contribution in [1.29, 1.82) is 0 Å². The van der Waals surface area contributed by atoms with Gasteiger partial charge in [0.25, 0.3) is 0 Å². The third-order valence-corrected chi connectivity index (χ3v) is 1.73. The van der Waals surface area contributed by atoms with E-state index in [1.54, 1.807) is 6.08 Å². The molecule has 4 heteroatoms. The number of hydrogen-bond donors (Lipinski definition) is 1. The Morgan fingerprint density at radius 1 is 1.85 bits per heavy atom. The lowest BCUT2D eigenvalue weighted by atomic mass is 10.2. The lowest BCUT2D eigenvalue weighted by Crippen LogP contribution is -2.31. The molecule has 70 valence electrons. The predicted octanol–water partition coefficient (Wildman–Crippen LogP) is 0.148.